The number of nitrogens with one attached hydrogen (secondary N) is 1. The molecule has 3 nitrogen and oxygen atoms in total. The number of halogens is 2. The van der Waals surface area contributed by atoms with Crippen molar-refractivity contribution in [3.8, 4) is 0 Å². The van der Waals surface area contributed by atoms with Gasteiger partial charge in [0, 0.05) is 11.9 Å². The van der Waals surface area contributed by atoms with Crippen LogP contribution < -0.4 is 4.72 Å². The van der Waals surface area contributed by atoms with Crippen LogP contribution in [0.5, 0.6) is 0 Å². The van der Waals surface area contributed by atoms with E-state index in [0.29, 0.717) is 0 Å². The topological polar surface area (TPSA) is 46.2 Å². The third-order valence-corrected chi connectivity index (χ3v) is 5.51. The average Bonchev–Trinajstić information content (AvgIpc) is 2.38. The van der Waals surface area contributed by atoms with Gasteiger partial charge in [-0.05, 0) is 30.9 Å². The molecular formula is C13H17ClFNO2S. The zero-order valence-corrected chi connectivity index (χ0v) is 12.1. The minimum absolute atomic E-state index is 0.00271. The van der Waals surface area contributed by atoms with Gasteiger partial charge in [0.05, 0.1) is 0 Å². The van der Waals surface area contributed by atoms with E-state index in [2.05, 4.69) is 4.72 Å². The maximum absolute atomic E-state index is 13.5. The molecule has 2 rings (SSSR count). The summed E-state index contributed by atoms with van der Waals surface area (Å²) in [6.45, 7) is 0.269. The zero-order chi connectivity index (χ0) is 13.9. The third kappa shape index (κ3) is 3.68. The van der Waals surface area contributed by atoms with Crippen LogP contribution in [-0.2, 0) is 10.0 Å². The fraction of sp³-hybridized carbons (Fsp3) is 0.538. The summed E-state index contributed by atoms with van der Waals surface area (Å²) in [4.78, 5) is -0.308. The SMILES string of the molecule is O=S(=O)(NCC1CCCCC1Cl)c1ccccc1F. The monoisotopic (exact) mass is 305 g/mol. The molecule has 0 radical (unpaired) electrons. The Morgan fingerprint density at radius 3 is 2.63 bits per heavy atom. The van der Waals surface area contributed by atoms with Crippen molar-refractivity contribution in [2.75, 3.05) is 6.54 Å². The van der Waals surface area contributed by atoms with Crippen molar-refractivity contribution in [1.82, 2.24) is 4.72 Å². The van der Waals surface area contributed by atoms with E-state index >= 15 is 0 Å². The highest BCUT2D eigenvalue weighted by atomic mass is 35.5. The Morgan fingerprint density at radius 2 is 1.95 bits per heavy atom. The van der Waals surface area contributed by atoms with Gasteiger partial charge in [-0.3, -0.25) is 0 Å². The largest absolute Gasteiger partial charge is 0.243 e. The van der Waals surface area contributed by atoms with Gasteiger partial charge in [-0.15, -0.1) is 11.6 Å². The summed E-state index contributed by atoms with van der Waals surface area (Å²) in [5, 5.41) is -0.00271. The maximum atomic E-state index is 13.5. The van der Waals surface area contributed by atoms with E-state index in [9.17, 15) is 12.8 Å². The second kappa shape index (κ2) is 6.20. The molecule has 2 unspecified atom stereocenters. The first kappa shape index (κ1) is 14.8. The second-order valence-corrected chi connectivity index (χ2v) is 7.14. The van der Waals surface area contributed by atoms with Crippen LogP contribution in [0.2, 0.25) is 0 Å². The van der Waals surface area contributed by atoms with Gasteiger partial charge in [0.15, 0.2) is 0 Å². The summed E-state index contributed by atoms with van der Waals surface area (Å²) in [7, 11) is -3.80. The molecule has 1 fully saturated rings. The molecule has 6 heteroatoms. The molecule has 0 amide bonds. The van der Waals surface area contributed by atoms with Gasteiger partial charge in [-0.2, -0.15) is 0 Å². The van der Waals surface area contributed by atoms with Gasteiger partial charge in [-0.25, -0.2) is 17.5 Å². The fourth-order valence-corrected chi connectivity index (χ4v) is 3.89. The molecule has 0 spiro atoms. The molecule has 2 atom stereocenters. The predicted octanol–water partition coefficient (Wildman–Crippen LogP) is 2.90. The van der Waals surface area contributed by atoms with Crippen molar-refractivity contribution in [2.24, 2.45) is 5.92 Å². The van der Waals surface area contributed by atoms with Crippen molar-refractivity contribution in [1.29, 1.82) is 0 Å². The molecule has 1 aliphatic rings. The van der Waals surface area contributed by atoms with Crippen LogP contribution in [0.4, 0.5) is 4.39 Å². The Balaban J connectivity index is 2.04. The lowest BCUT2D eigenvalue weighted by Crippen LogP contribution is -2.35. The fourth-order valence-electron chi connectivity index (χ4n) is 2.35. The lowest BCUT2D eigenvalue weighted by Gasteiger charge is -2.27. The molecule has 0 aliphatic heterocycles. The lowest BCUT2D eigenvalue weighted by molar-refractivity contribution is 0.364. The average molecular weight is 306 g/mol. The second-order valence-electron chi connectivity index (χ2n) is 4.84. The van der Waals surface area contributed by atoms with Crippen LogP contribution in [0.3, 0.4) is 0 Å². The maximum Gasteiger partial charge on any atom is 0.243 e. The molecular weight excluding hydrogens is 289 g/mol. The zero-order valence-electron chi connectivity index (χ0n) is 10.5. The van der Waals surface area contributed by atoms with E-state index in [-0.39, 0.29) is 22.7 Å². The molecule has 1 aliphatic carbocycles. The highest BCUT2D eigenvalue weighted by Crippen LogP contribution is 2.28. The van der Waals surface area contributed by atoms with Crippen LogP contribution in [0.15, 0.2) is 29.2 Å². The molecule has 1 N–H and O–H groups in total. The van der Waals surface area contributed by atoms with E-state index in [0.717, 1.165) is 31.7 Å². The Morgan fingerprint density at radius 1 is 1.26 bits per heavy atom. The van der Waals surface area contributed by atoms with Crippen LogP contribution >= 0.6 is 11.6 Å². The highest BCUT2D eigenvalue weighted by molar-refractivity contribution is 7.89. The number of benzene rings is 1. The minimum Gasteiger partial charge on any atom is -0.211 e. The number of alkyl halides is 1. The van der Waals surface area contributed by atoms with E-state index in [4.69, 9.17) is 11.6 Å². The van der Waals surface area contributed by atoms with Gasteiger partial charge in [0.1, 0.15) is 10.7 Å². The van der Waals surface area contributed by atoms with Crippen LogP contribution in [0, 0.1) is 11.7 Å². The standard InChI is InChI=1S/C13H17ClFNO2S/c14-11-6-2-1-5-10(11)9-16-19(17,18)13-8-4-3-7-12(13)15/h3-4,7-8,10-11,16H,1-2,5-6,9H2. The van der Waals surface area contributed by atoms with Gasteiger partial charge in [0.2, 0.25) is 10.0 Å². The quantitative estimate of drug-likeness (QED) is 0.869. The van der Waals surface area contributed by atoms with Crippen LogP contribution in [0.1, 0.15) is 25.7 Å². The van der Waals surface area contributed by atoms with Crippen molar-refractivity contribution >= 4 is 21.6 Å². The Hall–Kier alpha value is -0.650. The first-order chi connectivity index (χ1) is 9.00. The van der Waals surface area contributed by atoms with Crippen molar-refractivity contribution < 1.29 is 12.8 Å². The summed E-state index contributed by atoms with van der Waals surface area (Å²) in [6, 6.07) is 5.36. The summed E-state index contributed by atoms with van der Waals surface area (Å²) >= 11 is 6.18. The third-order valence-electron chi connectivity index (χ3n) is 3.48. The van der Waals surface area contributed by atoms with Gasteiger partial charge in [-0.1, -0.05) is 25.0 Å². The summed E-state index contributed by atoms with van der Waals surface area (Å²) < 4.78 is 40.0. The Kier molecular flexibility index (Phi) is 4.81. The molecule has 0 saturated heterocycles. The van der Waals surface area contributed by atoms with Crippen molar-refractivity contribution in [2.45, 2.75) is 36.0 Å². The normalized spacial score (nSPS) is 24.3. The van der Waals surface area contributed by atoms with Gasteiger partial charge < -0.3 is 0 Å². The number of sulfonamides is 1. The molecule has 0 bridgehead atoms. The number of rotatable bonds is 4. The van der Waals surface area contributed by atoms with Crippen LogP contribution in [0.25, 0.3) is 0 Å². The first-order valence-electron chi connectivity index (χ1n) is 6.39. The molecule has 0 heterocycles. The number of hydrogen-bond donors (Lipinski definition) is 1. The molecule has 0 aromatic heterocycles. The smallest absolute Gasteiger partial charge is 0.211 e. The van der Waals surface area contributed by atoms with E-state index in [1.807, 2.05) is 0 Å². The van der Waals surface area contributed by atoms with Gasteiger partial charge >= 0.3 is 0 Å². The molecule has 1 saturated carbocycles. The summed E-state index contributed by atoms with van der Waals surface area (Å²) in [6.07, 6.45) is 3.97. The van der Waals surface area contributed by atoms with E-state index in [1.54, 1.807) is 0 Å². The number of hydrogen-bond acceptors (Lipinski definition) is 2. The van der Waals surface area contributed by atoms with Crippen LogP contribution in [-0.4, -0.2) is 20.3 Å². The highest BCUT2D eigenvalue weighted by Gasteiger charge is 2.26. The first-order valence-corrected chi connectivity index (χ1v) is 8.31. The van der Waals surface area contributed by atoms with E-state index < -0.39 is 15.8 Å². The minimum atomic E-state index is -3.80. The summed E-state index contributed by atoms with van der Waals surface area (Å²) in [5.74, 6) is -0.613. The van der Waals surface area contributed by atoms with Crippen molar-refractivity contribution in [3.05, 3.63) is 30.1 Å². The molecule has 19 heavy (non-hydrogen) atoms. The van der Waals surface area contributed by atoms with Gasteiger partial charge in [0.25, 0.3) is 0 Å². The molecule has 1 aromatic carbocycles. The predicted molar refractivity (Wildman–Crippen MR) is 73.2 cm³/mol. The molecule has 1 aromatic rings. The van der Waals surface area contributed by atoms with Crippen molar-refractivity contribution in [3.63, 3.8) is 0 Å². The lowest BCUT2D eigenvalue weighted by atomic mass is 9.89. The summed E-state index contributed by atoms with van der Waals surface area (Å²) in [5.41, 5.74) is 0. The Labute approximate surface area is 118 Å². The molecule has 106 valence electrons. The van der Waals surface area contributed by atoms with E-state index in [1.165, 1.54) is 18.2 Å². The Bertz CT molecular complexity index is 535.